The van der Waals surface area contributed by atoms with E-state index in [4.69, 9.17) is 0 Å². The third-order valence-electron chi connectivity index (χ3n) is 2.38. The van der Waals surface area contributed by atoms with E-state index in [0.717, 1.165) is 0 Å². The molecule has 1 atom stereocenters. The van der Waals surface area contributed by atoms with Gasteiger partial charge in [-0.2, -0.15) is 28.2 Å². The summed E-state index contributed by atoms with van der Waals surface area (Å²) < 4.78 is 36.1. The van der Waals surface area contributed by atoms with Crippen LogP contribution >= 0.6 is 0 Å². The Balaban J connectivity index is 2.49. The molecule has 0 aromatic carbocycles. The monoisotopic (exact) mass is 250 g/mol. The van der Waals surface area contributed by atoms with Crippen molar-refractivity contribution in [3.8, 4) is 0 Å². The Kier molecular flexibility index (Phi) is 4.92. The molecule has 0 aliphatic rings. The number of hydrogen-bond acceptors (Lipinski definition) is 3. The summed E-state index contributed by atoms with van der Waals surface area (Å²) in [6.07, 6.45) is -2.75. The second-order valence-corrected chi connectivity index (χ2v) is 3.88. The second-order valence-electron chi connectivity index (χ2n) is 3.88. The zero-order chi connectivity index (χ0) is 12.9. The van der Waals surface area contributed by atoms with E-state index in [1.165, 1.54) is 4.80 Å². The van der Waals surface area contributed by atoms with Crippen molar-refractivity contribution < 1.29 is 13.2 Å². The predicted octanol–water partition coefficient (Wildman–Crippen LogP) is 2.20. The Morgan fingerprint density at radius 3 is 2.65 bits per heavy atom. The van der Waals surface area contributed by atoms with Gasteiger partial charge in [-0.15, -0.1) is 0 Å². The van der Waals surface area contributed by atoms with Gasteiger partial charge in [-0.3, -0.25) is 0 Å². The second kappa shape index (κ2) is 6.00. The van der Waals surface area contributed by atoms with Crippen LogP contribution in [0, 0.1) is 0 Å². The standard InChI is InChI=1S/C10H17F3N4/c1-3-14-8(5-4-6-10(11,12)13)9-7-15-17(2)16-9/h7-8,14H,3-6H2,1-2H3. The van der Waals surface area contributed by atoms with E-state index in [9.17, 15) is 13.2 Å². The van der Waals surface area contributed by atoms with Crippen LogP contribution < -0.4 is 5.32 Å². The van der Waals surface area contributed by atoms with E-state index in [-0.39, 0.29) is 12.5 Å². The van der Waals surface area contributed by atoms with Gasteiger partial charge in [-0.25, -0.2) is 0 Å². The minimum atomic E-state index is -4.08. The van der Waals surface area contributed by atoms with E-state index in [1.807, 2.05) is 6.92 Å². The number of hydrogen-bond donors (Lipinski definition) is 1. The Hall–Kier alpha value is -1.11. The van der Waals surface area contributed by atoms with Crippen molar-refractivity contribution >= 4 is 0 Å². The lowest BCUT2D eigenvalue weighted by molar-refractivity contribution is -0.135. The molecule has 0 fully saturated rings. The molecule has 1 rings (SSSR count). The Morgan fingerprint density at radius 2 is 2.18 bits per heavy atom. The largest absolute Gasteiger partial charge is 0.389 e. The smallest absolute Gasteiger partial charge is 0.309 e. The van der Waals surface area contributed by atoms with Crippen molar-refractivity contribution in [2.75, 3.05) is 6.54 Å². The molecule has 0 amide bonds. The molecule has 1 unspecified atom stereocenters. The first-order chi connectivity index (χ1) is 7.92. The lowest BCUT2D eigenvalue weighted by Gasteiger charge is -2.15. The van der Waals surface area contributed by atoms with E-state index in [2.05, 4.69) is 15.5 Å². The number of alkyl halides is 3. The van der Waals surface area contributed by atoms with Gasteiger partial charge in [-0.05, 0) is 19.4 Å². The number of halogens is 3. The highest BCUT2D eigenvalue weighted by Crippen LogP contribution is 2.25. The van der Waals surface area contributed by atoms with Crippen molar-refractivity contribution in [3.63, 3.8) is 0 Å². The van der Waals surface area contributed by atoms with Gasteiger partial charge in [0, 0.05) is 13.5 Å². The Labute approximate surface area is 98.2 Å². The number of aromatic nitrogens is 3. The molecule has 1 aromatic heterocycles. The molecular weight excluding hydrogens is 233 g/mol. The van der Waals surface area contributed by atoms with Gasteiger partial charge in [-0.1, -0.05) is 6.92 Å². The molecule has 1 aromatic rings. The van der Waals surface area contributed by atoms with Gasteiger partial charge in [0.1, 0.15) is 0 Å². The van der Waals surface area contributed by atoms with Crippen molar-refractivity contribution in [3.05, 3.63) is 11.9 Å². The predicted molar refractivity (Wildman–Crippen MR) is 57.3 cm³/mol. The maximum absolute atomic E-state index is 12.0. The summed E-state index contributed by atoms with van der Waals surface area (Å²) in [5, 5.41) is 11.1. The molecule has 1 N–H and O–H groups in total. The van der Waals surface area contributed by atoms with E-state index < -0.39 is 12.6 Å². The Morgan fingerprint density at radius 1 is 1.47 bits per heavy atom. The summed E-state index contributed by atoms with van der Waals surface area (Å²) in [5.74, 6) is 0. The first-order valence-corrected chi connectivity index (χ1v) is 5.58. The van der Waals surface area contributed by atoms with E-state index in [1.54, 1.807) is 13.2 Å². The van der Waals surface area contributed by atoms with Crippen molar-refractivity contribution in [2.24, 2.45) is 7.05 Å². The SMILES string of the molecule is CCNC(CCCC(F)(F)F)c1cnn(C)n1. The van der Waals surface area contributed by atoms with Gasteiger partial charge in [0.05, 0.1) is 17.9 Å². The first-order valence-electron chi connectivity index (χ1n) is 5.58. The first kappa shape index (κ1) is 14.0. The van der Waals surface area contributed by atoms with Crippen LogP contribution in [0.25, 0.3) is 0 Å². The summed E-state index contributed by atoms with van der Waals surface area (Å²) in [7, 11) is 1.68. The van der Waals surface area contributed by atoms with Crippen molar-refractivity contribution in [1.82, 2.24) is 20.3 Å². The van der Waals surface area contributed by atoms with E-state index >= 15 is 0 Å². The van der Waals surface area contributed by atoms with Gasteiger partial charge < -0.3 is 5.32 Å². The highest BCUT2D eigenvalue weighted by atomic mass is 19.4. The molecule has 0 aliphatic carbocycles. The molecular formula is C10H17F3N4. The molecule has 17 heavy (non-hydrogen) atoms. The zero-order valence-corrected chi connectivity index (χ0v) is 9.96. The topological polar surface area (TPSA) is 42.7 Å². The number of aryl methyl sites for hydroxylation is 1. The fourth-order valence-electron chi connectivity index (χ4n) is 1.63. The van der Waals surface area contributed by atoms with Gasteiger partial charge in [0.25, 0.3) is 0 Å². The molecule has 4 nitrogen and oxygen atoms in total. The average molecular weight is 250 g/mol. The average Bonchev–Trinajstić information content (AvgIpc) is 2.62. The highest BCUT2D eigenvalue weighted by molar-refractivity contribution is 4.99. The fraction of sp³-hybridized carbons (Fsp3) is 0.800. The third-order valence-corrected chi connectivity index (χ3v) is 2.38. The molecule has 1 heterocycles. The fourth-order valence-corrected chi connectivity index (χ4v) is 1.63. The maximum Gasteiger partial charge on any atom is 0.389 e. The molecule has 0 bridgehead atoms. The summed E-state index contributed by atoms with van der Waals surface area (Å²) in [6.45, 7) is 2.60. The molecule has 0 saturated heterocycles. The van der Waals surface area contributed by atoms with Crippen LogP contribution in [0.2, 0.25) is 0 Å². The van der Waals surface area contributed by atoms with Crippen LogP contribution in [0.1, 0.15) is 37.9 Å². The van der Waals surface area contributed by atoms with Gasteiger partial charge >= 0.3 is 6.18 Å². The van der Waals surface area contributed by atoms with Crippen LogP contribution in [0.15, 0.2) is 6.20 Å². The maximum atomic E-state index is 12.0. The minimum Gasteiger partial charge on any atom is -0.309 e. The molecule has 0 spiro atoms. The highest BCUT2D eigenvalue weighted by Gasteiger charge is 2.27. The van der Waals surface area contributed by atoms with Crippen molar-refractivity contribution in [2.45, 2.75) is 38.4 Å². The number of nitrogens with one attached hydrogen (secondary N) is 1. The van der Waals surface area contributed by atoms with Gasteiger partial charge in [0.15, 0.2) is 0 Å². The lowest BCUT2D eigenvalue weighted by atomic mass is 10.1. The van der Waals surface area contributed by atoms with Crippen LogP contribution in [-0.2, 0) is 7.05 Å². The third kappa shape index (κ3) is 5.16. The van der Waals surface area contributed by atoms with Crippen LogP contribution in [0.5, 0.6) is 0 Å². The number of nitrogens with zero attached hydrogens (tertiary/aromatic N) is 3. The molecule has 98 valence electrons. The van der Waals surface area contributed by atoms with Crippen LogP contribution in [0.3, 0.4) is 0 Å². The summed E-state index contributed by atoms with van der Waals surface area (Å²) in [5.41, 5.74) is 0.691. The summed E-state index contributed by atoms with van der Waals surface area (Å²) >= 11 is 0. The minimum absolute atomic E-state index is 0.0950. The molecule has 0 saturated carbocycles. The molecule has 0 radical (unpaired) electrons. The van der Waals surface area contributed by atoms with Crippen LogP contribution in [0.4, 0.5) is 13.2 Å². The zero-order valence-electron chi connectivity index (χ0n) is 9.96. The van der Waals surface area contributed by atoms with Gasteiger partial charge in [0.2, 0.25) is 0 Å². The van der Waals surface area contributed by atoms with E-state index in [0.29, 0.717) is 18.7 Å². The molecule has 7 heteroatoms. The van der Waals surface area contributed by atoms with Crippen LogP contribution in [-0.4, -0.2) is 27.7 Å². The van der Waals surface area contributed by atoms with Crippen molar-refractivity contribution in [1.29, 1.82) is 0 Å². The quantitative estimate of drug-likeness (QED) is 0.841. The number of rotatable bonds is 6. The lowest BCUT2D eigenvalue weighted by Crippen LogP contribution is -2.22. The summed E-state index contributed by atoms with van der Waals surface area (Å²) in [6, 6.07) is -0.156. The molecule has 0 aliphatic heterocycles. The normalized spacial score (nSPS) is 13.9. The Bertz CT molecular complexity index is 335. The summed E-state index contributed by atoms with van der Waals surface area (Å²) in [4.78, 5) is 1.41.